The number of carbonyl (C=O) groups is 1. The lowest BCUT2D eigenvalue weighted by Gasteiger charge is -2.34. The van der Waals surface area contributed by atoms with Crippen LogP contribution in [0.15, 0.2) is 41.5 Å². The number of rotatable bonds is 7. The van der Waals surface area contributed by atoms with Gasteiger partial charge in [-0.3, -0.25) is 9.79 Å². The molecular weight excluding hydrogens is 498 g/mol. The van der Waals surface area contributed by atoms with Crippen LogP contribution in [0.3, 0.4) is 0 Å². The molecule has 0 saturated carbocycles. The third-order valence-corrected chi connectivity index (χ3v) is 5.01. The van der Waals surface area contributed by atoms with E-state index in [4.69, 9.17) is 10.7 Å². The fourth-order valence-corrected chi connectivity index (χ4v) is 3.64. The summed E-state index contributed by atoms with van der Waals surface area (Å²) >= 11 is 0. The molecule has 0 spiro atoms. The lowest BCUT2D eigenvalue weighted by Crippen LogP contribution is -2.47. The number of aromatic nitrogens is 2. The first-order chi connectivity index (χ1) is 14.0. The van der Waals surface area contributed by atoms with Crippen LogP contribution in [-0.2, 0) is 11.2 Å². The van der Waals surface area contributed by atoms with Gasteiger partial charge in [0.05, 0.1) is 11.4 Å². The predicted octanol–water partition coefficient (Wildman–Crippen LogP) is 2.72. The Balaban J connectivity index is 0.00000320. The molecular formula is C21H30FIN6O. The van der Waals surface area contributed by atoms with Crippen molar-refractivity contribution in [2.75, 3.05) is 26.2 Å². The van der Waals surface area contributed by atoms with E-state index in [9.17, 15) is 9.18 Å². The first kappa shape index (κ1) is 24.1. The maximum Gasteiger partial charge on any atom is 0.217 e. The van der Waals surface area contributed by atoms with Crippen LogP contribution >= 0.6 is 24.0 Å². The number of guanidine groups is 1. The minimum Gasteiger partial charge on any atom is -0.370 e. The summed E-state index contributed by atoms with van der Waals surface area (Å²) in [5.74, 6) is 0.661. The highest BCUT2D eigenvalue weighted by molar-refractivity contribution is 14.0. The van der Waals surface area contributed by atoms with Gasteiger partial charge in [0.25, 0.3) is 0 Å². The zero-order valence-corrected chi connectivity index (χ0v) is 19.6. The molecule has 3 N–H and O–H groups in total. The monoisotopic (exact) mass is 528 g/mol. The van der Waals surface area contributed by atoms with Crippen LogP contribution in [0.1, 0.15) is 31.9 Å². The van der Waals surface area contributed by atoms with Crippen molar-refractivity contribution in [3.8, 4) is 5.69 Å². The van der Waals surface area contributed by atoms with Crippen LogP contribution < -0.4 is 11.1 Å². The third-order valence-electron chi connectivity index (χ3n) is 5.01. The van der Waals surface area contributed by atoms with E-state index < -0.39 is 0 Å². The van der Waals surface area contributed by atoms with Crippen LogP contribution in [0.2, 0.25) is 0 Å². The second kappa shape index (κ2) is 11.9. The lowest BCUT2D eigenvalue weighted by molar-refractivity contribution is -0.119. The predicted molar refractivity (Wildman–Crippen MR) is 127 cm³/mol. The summed E-state index contributed by atoms with van der Waals surface area (Å²) in [5.41, 5.74) is 7.12. The summed E-state index contributed by atoms with van der Waals surface area (Å²) in [6.45, 7) is 5.17. The van der Waals surface area contributed by atoms with Crippen molar-refractivity contribution in [2.45, 2.75) is 32.6 Å². The first-order valence-corrected chi connectivity index (χ1v) is 10.2. The van der Waals surface area contributed by atoms with Gasteiger partial charge in [0.2, 0.25) is 5.91 Å². The van der Waals surface area contributed by atoms with Gasteiger partial charge in [0.1, 0.15) is 5.82 Å². The smallest absolute Gasteiger partial charge is 0.217 e. The molecule has 1 aromatic heterocycles. The highest BCUT2D eigenvalue weighted by Crippen LogP contribution is 2.19. The fourth-order valence-electron chi connectivity index (χ4n) is 3.64. The Hall–Kier alpha value is -2.17. The van der Waals surface area contributed by atoms with Crippen LogP contribution in [0, 0.1) is 11.7 Å². The molecule has 1 fully saturated rings. The number of primary amides is 1. The number of carbonyl (C=O) groups excluding carboxylic acids is 1. The number of hydrogen-bond acceptors (Lipinski definition) is 3. The van der Waals surface area contributed by atoms with Crippen molar-refractivity contribution in [1.29, 1.82) is 0 Å². The largest absolute Gasteiger partial charge is 0.370 e. The number of nitrogens with two attached hydrogens (primary N) is 1. The molecule has 1 amide bonds. The number of benzene rings is 1. The van der Waals surface area contributed by atoms with Crippen molar-refractivity contribution in [3.63, 3.8) is 0 Å². The van der Waals surface area contributed by atoms with Gasteiger partial charge in [0.15, 0.2) is 5.96 Å². The summed E-state index contributed by atoms with van der Waals surface area (Å²) in [7, 11) is 0. The number of likely N-dealkylation sites (tertiary alicyclic amines) is 1. The minimum atomic E-state index is -0.262. The van der Waals surface area contributed by atoms with Crippen molar-refractivity contribution in [3.05, 3.63) is 48.0 Å². The quantitative estimate of drug-likeness (QED) is 0.329. The Morgan fingerprint density at radius 3 is 2.80 bits per heavy atom. The van der Waals surface area contributed by atoms with Crippen LogP contribution in [0.25, 0.3) is 5.69 Å². The molecule has 1 aliphatic heterocycles. The maximum absolute atomic E-state index is 13.1. The van der Waals surface area contributed by atoms with Crippen LogP contribution in [-0.4, -0.2) is 52.7 Å². The molecule has 9 heteroatoms. The zero-order chi connectivity index (χ0) is 20.6. The molecule has 0 aliphatic carbocycles. The van der Waals surface area contributed by atoms with Crippen molar-refractivity contribution >= 4 is 35.8 Å². The van der Waals surface area contributed by atoms with Gasteiger partial charge in [-0.2, -0.15) is 5.10 Å². The topological polar surface area (TPSA) is 88.5 Å². The van der Waals surface area contributed by atoms with Gasteiger partial charge < -0.3 is 16.0 Å². The van der Waals surface area contributed by atoms with E-state index in [0.717, 1.165) is 49.8 Å². The van der Waals surface area contributed by atoms with E-state index in [0.29, 0.717) is 19.4 Å². The van der Waals surface area contributed by atoms with Gasteiger partial charge >= 0.3 is 0 Å². The van der Waals surface area contributed by atoms with E-state index in [2.05, 4.69) is 15.3 Å². The number of amides is 1. The van der Waals surface area contributed by atoms with Gasteiger partial charge in [-0.05, 0) is 56.0 Å². The molecule has 3 rings (SSSR count). The minimum absolute atomic E-state index is 0. The van der Waals surface area contributed by atoms with E-state index >= 15 is 0 Å². The average molecular weight is 528 g/mol. The Morgan fingerprint density at radius 2 is 2.10 bits per heavy atom. The van der Waals surface area contributed by atoms with E-state index in [-0.39, 0.29) is 41.6 Å². The number of aliphatic imine (C=N–C) groups is 1. The van der Waals surface area contributed by atoms with Gasteiger partial charge in [-0.1, -0.05) is 0 Å². The molecule has 2 heterocycles. The molecule has 1 aliphatic rings. The summed E-state index contributed by atoms with van der Waals surface area (Å²) in [6.07, 6.45) is 5.07. The molecule has 1 saturated heterocycles. The van der Waals surface area contributed by atoms with Crippen molar-refractivity contribution < 1.29 is 9.18 Å². The lowest BCUT2D eigenvalue weighted by atomic mass is 9.95. The Morgan fingerprint density at radius 1 is 1.33 bits per heavy atom. The van der Waals surface area contributed by atoms with Crippen molar-refractivity contribution in [2.24, 2.45) is 16.6 Å². The van der Waals surface area contributed by atoms with Gasteiger partial charge in [0, 0.05) is 45.2 Å². The second-order valence-electron chi connectivity index (χ2n) is 7.34. The third kappa shape index (κ3) is 6.96. The van der Waals surface area contributed by atoms with Gasteiger partial charge in [-0.25, -0.2) is 9.07 Å². The Kier molecular flexibility index (Phi) is 9.54. The highest BCUT2D eigenvalue weighted by Gasteiger charge is 2.23. The Bertz CT molecular complexity index is 838. The van der Waals surface area contributed by atoms with Gasteiger partial charge in [-0.15, -0.1) is 24.0 Å². The summed E-state index contributed by atoms with van der Waals surface area (Å²) < 4.78 is 14.8. The first-order valence-electron chi connectivity index (χ1n) is 10.2. The van der Waals surface area contributed by atoms with Crippen LogP contribution in [0.4, 0.5) is 4.39 Å². The normalized spacial score (nSPS) is 16.8. The van der Waals surface area contributed by atoms with E-state index in [1.807, 2.05) is 19.2 Å². The molecule has 164 valence electrons. The maximum atomic E-state index is 13.1. The fraction of sp³-hybridized carbons (Fsp3) is 0.476. The van der Waals surface area contributed by atoms with E-state index in [1.165, 1.54) is 12.1 Å². The molecule has 1 aromatic carbocycles. The average Bonchev–Trinajstić information content (AvgIpc) is 3.16. The Labute approximate surface area is 193 Å². The number of nitrogens with zero attached hydrogens (tertiary/aromatic N) is 4. The molecule has 1 unspecified atom stereocenters. The molecule has 7 nitrogen and oxygen atoms in total. The number of hydrogen-bond donors (Lipinski definition) is 2. The van der Waals surface area contributed by atoms with Crippen LogP contribution in [0.5, 0.6) is 0 Å². The number of halogens is 2. The summed E-state index contributed by atoms with van der Waals surface area (Å²) in [4.78, 5) is 18.2. The molecule has 0 bridgehead atoms. The standard InChI is InChI=1S/C21H29FN6O.HI/c1-2-24-21(27-12-3-4-16(15-27)14-20(23)29)25-11-9-18-10-13-28(26-18)19-7-5-17(22)6-8-19;/h5-8,10,13,16H,2-4,9,11-12,14-15H2,1H3,(H2,23,29)(H,24,25);1H. The highest BCUT2D eigenvalue weighted by atomic mass is 127. The molecule has 2 aromatic rings. The zero-order valence-electron chi connectivity index (χ0n) is 17.3. The van der Waals surface area contributed by atoms with Crippen molar-refractivity contribution in [1.82, 2.24) is 20.0 Å². The summed E-state index contributed by atoms with van der Waals surface area (Å²) in [6, 6.07) is 8.20. The second-order valence-corrected chi connectivity index (χ2v) is 7.34. The molecule has 1 atom stereocenters. The SMILES string of the molecule is CCNC(=NCCc1ccn(-c2ccc(F)cc2)n1)N1CCCC(CC(N)=O)C1.I. The number of piperidine rings is 1. The van der Waals surface area contributed by atoms with E-state index in [1.54, 1.807) is 16.8 Å². The summed E-state index contributed by atoms with van der Waals surface area (Å²) in [5, 5.41) is 7.90. The number of nitrogens with one attached hydrogen (secondary N) is 1. The molecule has 30 heavy (non-hydrogen) atoms. The molecule has 0 radical (unpaired) electrons.